The SMILES string of the molecule is CCN(Cc1ccccc1)C(=O)CNC(=NC)NCc1ccc(C)cc1.I. The molecule has 0 saturated heterocycles. The van der Waals surface area contributed by atoms with Crippen molar-refractivity contribution < 1.29 is 4.79 Å². The van der Waals surface area contributed by atoms with Gasteiger partial charge in [-0.05, 0) is 25.0 Å². The standard InChI is InChI=1S/C21H28N4O.HI/c1-4-25(16-19-8-6-5-7-9-19)20(26)15-24-21(22-3)23-14-18-12-10-17(2)11-13-18;/h5-13H,4,14-16H2,1-3H3,(H2,22,23,24);1H. The Bertz CT molecular complexity index is 717. The van der Waals surface area contributed by atoms with E-state index in [1.165, 1.54) is 11.1 Å². The zero-order valence-electron chi connectivity index (χ0n) is 16.2. The lowest BCUT2D eigenvalue weighted by atomic mass is 10.1. The topological polar surface area (TPSA) is 56.7 Å². The number of benzene rings is 2. The maximum Gasteiger partial charge on any atom is 0.242 e. The van der Waals surface area contributed by atoms with Gasteiger partial charge in [0.2, 0.25) is 5.91 Å². The molecule has 146 valence electrons. The molecule has 2 aromatic rings. The molecule has 5 nitrogen and oxygen atoms in total. The average molecular weight is 480 g/mol. The summed E-state index contributed by atoms with van der Waals surface area (Å²) < 4.78 is 0. The summed E-state index contributed by atoms with van der Waals surface area (Å²) in [5.41, 5.74) is 3.54. The first-order chi connectivity index (χ1) is 12.6. The maximum atomic E-state index is 12.5. The molecule has 1 amide bonds. The third-order valence-electron chi connectivity index (χ3n) is 4.16. The third kappa shape index (κ3) is 7.99. The fourth-order valence-corrected chi connectivity index (χ4v) is 2.56. The van der Waals surface area contributed by atoms with E-state index in [4.69, 9.17) is 0 Å². The highest BCUT2D eigenvalue weighted by Gasteiger charge is 2.12. The van der Waals surface area contributed by atoms with Crippen LogP contribution in [0.3, 0.4) is 0 Å². The van der Waals surface area contributed by atoms with Crippen LogP contribution in [0.4, 0.5) is 0 Å². The van der Waals surface area contributed by atoms with Gasteiger partial charge < -0.3 is 15.5 Å². The molecule has 0 fully saturated rings. The minimum atomic E-state index is 0. The van der Waals surface area contributed by atoms with E-state index in [2.05, 4.69) is 46.8 Å². The number of aliphatic imine (C=N–C) groups is 1. The predicted octanol–water partition coefficient (Wildman–Crippen LogP) is 3.33. The van der Waals surface area contributed by atoms with E-state index in [1.807, 2.05) is 42.2 Å². The van der Waals surface area contributed by atoms with Crippen LogP contribution < -0.4 is 10.6 Å². The van der Waals surface area contributed by atoms with Crippen molar-refractivity contribution in [3.05, 3.63) is 71.3 Å². The van der Waals surface area contributed by atoms with Crippen molar-refractivity contribution in [2.24, 2.45) is 4.99 Å². The normalized spacial score (nSPS) is 10.7. The highest BCUT2D eigenvalue weighted by molar-refractivity contribution is 14.0. The Morgan fingerprint density at radius 3 is 2.26 bits per heavy atom. The van der Waals surface area contributed by atoms with E-state index >= 15 is 0 Å². The monoisotopic (exact) mass is 480 g/mol. The van der Waals surface area contributed by atoms with Gasteiger partial charge in [0.05, 0.1) is 6.54 Å². The summed E-state index contributed by atoms with van der Waals surface area (Å²) in [6.45, 7) is 6.23. The highest BCUT2D eigenvalue weighted by Crippen LogP contribution is 2.04. The number of halogens is 1. The summed E-state index contributed by atoms with van der Waals surface area (Å²) in [6.07, 6.45) is 0. The Morgan fingerprint density at radius 1 is 1.00 bits per heavy atom. The number of hydrogen-bond donors (Lipinski definition) is 2. The number of likely N-dealkylation sites (N-methyl/N-ethyl adjacent to an activating group) is 1. The summed E-state index contributed by atoms with van der Waals surface area (Å²) >= 11 is 0. The molecule has 0 heterocycles. The molecule has 0 radical (unpaired) electrons. The van der Waals surface area contributed by atoms with E-state index in [1.54, 1.807) is 7.05 Å². The molecule has 2 N–H and O–H groups in total. The molecular weight excluding hydrogens is 451 g/mol. The van der Waals surface area contributed by atoms with Crippen LogP contribution >= 0.6 is 24.0 Å². The summed E-state index contributed by atoms with van der Waals surface area (Å²) in [7, 11) is 1.70. The van der Waals surface area contributed by atoms with Crippen molar-refractivity contribution in [3.63, 3.8) is 0 Å². The fourth-order valence-electron chi connectivity index (χ4n) is 2.56. The lowest BCUT2D eigenvalue weighted by Crippen LogP contribution is -2.44. The molecule has 2 rings (SSSR count). The number of carbonyl (C=O) groups excluding carboxylic acids is 1. The van der Waals surface area contributed by atoms with Crippen LogP contribution in [0.1, 0.15) is 23.6 Å². The molecular formula is C21H29IN4O. The average Bonchev–Trinajstić information content (AvgIpc) is 2.68. The number of guanidine groups is 1. The van der Waals surface area contributed by atoms with Gasteiger partial charge in [0.15, 0.2) is 5.96 Å². The van der Waals surface area contributed by atoms with Gasteiger partial charge in [0, 0.05) is 26.7 Å². The van der Waals surface area contributed by atoms with Crippen LogP contribution in [0.15, 0.2) is 59.6 Å². The van der Waals surface area contributed by atoms with E-state index in [0.29, 0.717) is 25.6 Å². The second kappa shape index (κ2) is 12.3. The van der Waals surface area contributed by atoms with Gasteiger partial charge in [0.1, 0.15) is 0 Å². The quantitative estimate of drug-likeness (QED) is 0.363. The second-order valence-electron chi connectivity index (χ2n) is 6.16. The molecule has 0 spiro atoms. The lowest BCUT2D eigenvalue weighted by molar-refractivity contribution is -0.130. The van der Waals surface area contributed by atoms with Gasteiger partial charge in [-0.2, -0.15) is 0 Å². The first-order valence-corrected chi connectivity index (χ1v) is 8.94. The minimum absolute atomic E-state index is 0. The largest absolute Gasteiger partial charge is 0.352 e. The number of nitrogens with one attached hydrogen (secondary N) is 2. The number of aryl methyl sites for hydroxylation is 1. The molecule has 0 unspecified atom stereocenters. The van der Waals surface area contributed by atoms with Crippen molar-refractivity contribution in [2.75, 3.05) is 20.1 Å². The summed E-state index contributed by atoms with van der Waals surface area (Å²) in [6, 6.07) is 18.4. The molecule has 0 aliphatic carbocycles. The van der Waals surface area contributed by atoms with Gasteiger partial charge in [-0.25, -0.2) is 0 Å². The molecule has 6 heteroatoms. The van der Waals surface area contributed by atoms with Gasteiger partial charge in [-0.3, -0.25) is 9.79 Å². The van der Waals surface area contributed by atoms with Gasteiger partial charge in [0.25, 0.3) is 0 Å². The zero-order valence-corrected chi connectivity index (χ0v) is 18.6. The number of carbonyl (C=O) groups is 1. The van der Waals surface area contributed by atoms with E-state index in [-0.39, 0.29) is 36.4 Å². The second-order valence-corrected chi connectivity index (χ2v) is 6.16. The van der Waals surface area contributed by atoms with Crippen LogP contribution in [0.5, 0.6) is 0 Å². The van der Waals surface area contributed by atoms with Crippen molar-refractivity contribution >= 4 is 35.8 Å². The van der Waals surface area contributed by atoms with Crippen molar-refractivity contribution in [3.8, 4) is 0 Å². The maximum absolute atomic E-state index is 12.5. The molecule has 2 aromatic carbocycles. The Balaban J connectivity index is 0.00000364. The number of hydrogen-bond acceptors (Lipinski definition) is 2. The van der Waals surface area contributed by atoms with E-state index in [9.17, 15) is 4.79 Å². The Hall–Kier alpha value is -2.09. The molecule has 0 saturated carbocycles. The fraction of sp³-hybridized carbons (Fsp3) is 0.333. The zero-order chi connectivity index (χ0) is 18.8. The Kier molecular flexibility index (Phi) is 10.5. The number of amides is 1. The van der Waals surface area contributed by atoms with Crippen LogP contribution in [0.2, 0.25) is 0 Å². The van der Waals surface area contributed by atoms with E-state index in [0.717, 1.165) is 5.56 Å². The van der Waals surface area contributed by atoms with Crippen LogP contribution in [0.25, 0.3) is 0 Å². The van der Waals surface area contributed by atoms with Gasteiger partial charge in [-0.15, -0.1) is 24.0 Å². The van der Waals surface area contributed by atoms with Crippen LogP contribution in [0, 0.1) is 6.92 Å². The molecule has 0 atom stereocenters. The predicted molar refractivity (Wildman–Crippen MR) is 122 cm³/mol. The van der Waals surface area contributed by atoms with Gasteiger partial charge in [-0.1, -0.05) is 60.2 Å². The first-order valence-electron chi connectivity index (χ1n) is 8.94. The molecule has 0 aliphatic rings. The highest BCUT2D eigenvalue weighted by atomic mass is 127. The van der Waals surface area contributed by atoms with E-state index < -0.39 is 0 Å². The van der Waals surface area contributed by atoms with Crippen molar-refractivity contribution in [1.82, 2.24) is 15.5 Å². The summed E-state index contributed by atoms with van der Waals surface area (Å²) in [5.74, 6) is 0.671. The Labute approximate surface area is 179 Å². The number of rotatable bonds is 7. The molecule has 0 aliphatic heterocycles. The number of nitrogens with zero attached hydrogens (tertiary/aromatic N) is 2. The Morgan fingerprint density at radius 2 is 1.67 bits per heavy atom. The van der Waals surface area contributed by atoms with Crippen LogP contribution in [-0.4, -0.2) is 36.9 Å². The minimum Gasteiger partial charge on any atom is -0.352 e. The molecule has 0 aromatic heterocycles. The summed E-state index contributed by atoms with van der Waals surface area (Å²) in [5, 5.41) is 6.33. The van der Waals surface area contributed by atoms with Crippen molar-refractivity contribution in [2.45, 2.75) is 26.9 Å². The summed E-state index contributed by atoms with van der Waals surface area (Å²) in [4.78, 5) is 18.5. The lowest BCUT2D eigenvalue weighted by Gasteiger charge is -2.22. The van der Waals surface area contributed by atoms with Gasteiger partial charge >= 0.3 is 0 Å². The molecule has 0 bridgehead atoms. The van der Waals surface area contributed by atoms with Crippen molar-refractivity contribution in [1.29, 1.82) is 0 Å². The first kappa shape index (κ1) is 23.0. The smallest absolute Gasteiger partial charge is 0.242 e. The van der Waals surface area contributed by atoms with Crippen LogP contribution in [-0.2, 0) is 17.9 Å². The molecule has 27 heavy (non-hydrogen) atoms. The third-order valence-corrected chi connectivity index (χ3v) is 4.16.